The Kier molecular flexibility index (Phi) is 6.50. The van der Waals surface area contributed by atoms with Crippen LogP contribution in [-0.2, 0) is 20.7 Å². The van der Waals surface area contributed by atoms with Crippen LogP contribution in [0.15, 0.2) is 0 Å². The second-order valence-electron chi connectivity index (χ2n) is 11.2. The number of carbonyl (C=O) groups is 2. The fourth-order valence-corrected chi connectivity index (χ4v) is 7.77. The standard InChI is InChI=1S/C25H37N3O5S/c1-24-7-6-19(30)25(2,14-29)18(24)13-17-21(16(24)12-20(31)28-8-10-33-11-9-28)26-23(34-17)27-22(32)15-4-3-5-15/h15-16,18-19,29-30H,3-14H2,1-2H3,(H,26,27,32). The molecule has 1 saturated heterocycles. The molecule has 2 saturated carbocycles. The number of hydrogen-bond acceptors (Lipinski definition) is 7. The number of carbonyl (C=O) groups excluding carboxylic acids is 2. The van der Waals surface area contributed by atoms with Crippen LogP contribution in [-0.4, -0.2) is 70.9 Å². The molecule has 0 spiro atoms. The highest BCUT2D eigenvalue weighted by Crippen LogP contribution is 2.63. The van der Waals surface area contributed by atoms with E-state index in [2.05, 4.69) is 12.2 Å². The van der Waals surface area contributed by atoms with Crippen LogP contribution >= 0.6 is 11.3 Å². The SMILES string of the molecule is CC1(CO)C(O)CCC2(C)C(CC(=O)N3CCOCC3)c3nc(NC(=O)C4CCC4)sc3CC12. The van der Waals surface area contributed by atoms with Gasteiger partial charge in [-0.3, -0.25) is 9.59 Å². The third-order valence-corrected chi connectivity index (χ3v) is 10.4. The number of rotatable bonds is 5. The van der Waals surface area contributed by atoms with Crippen LogP contribution < -0.4 is 5.32 Å². The second kappa shape index (κ2) is 9.15. The summed E-state index contributed by atoms with van der Waals surface area (Å²) in [5.41, 5.74) is -0.00911. The number of morpholine rings is 1. The van der Waals surface area contributed by atoms with E-state index in [0.717, 1.165) is 36.3 Å². The first-order chi connectivity index (χ1) is 16.3. The van der Waals surface area contributed by atoms with Gasteiger partial charge in [0.25, 0.3) is 0 Å². The molecule has 9 heteroatoms. The molecular weight excluding hydrogens is 454 g/mol. The number of ether oxygens (including phenoxy) is 1. The van der Waals surface area contributed by atoms with E-state index in [1.807, 2.05) is 11.8 Å². The number of nitrogens with one attached hydrogen (secondary N) is 1. The van der Waals surface area contributed by atoms with Gasteiger partial charge in [-0.05, 0) is 43.4 Å². The molecule has 2 amide bonds. The number of nitrogens with zero attached hydrogens (tertiary/aromatic N) is 2. The van der Waals surface area contributed by atoms with E-state index in [-0.39, 0.29) is 41.6 Å². The highest BCUT2D eigenvalue weighted by atomic mass is 32.1. The summed E-state index contributed by atoms with van der Waals surface area (Å²) in [7, 11) is 0. The first kappa shape index (κ1) is 24.2. The molecule has 3 N–H and O–H groups in total. The lowest BCUT2D eigenvalue weighted by Gasteiger charge is -2.58. The summed E-state index contributed by atoms with van der Waals surface area (Å²) in [5, 5.41) is 24.9. The van der Waals surface area contributed by atoms with E-state index in [9.17, 15) is 19.8 Å². The van der Waals surface area contributed by atoms with Gasteiger partial charge in [-0.25, -0.2) is 4.98 Å². The van der Waals surface area contributed by atoms with Crippen LogP contribution in [0.3, 0.4) is 0 Å². The monoisotopic (exact) mass is 491 g/mol. The number of aromatic nitrogens is 1. The third-order valence-electron chi connectivity index (χ3n) is 9.34. The third kappa shape index (κ3) is 3.98. The number of thiazole rings is 1. The Labute approximate surface area is 205 Å². The Bertz CT molecular complexity index is 943. The van der Waals surface area contributed by atoms with Gasteiger partial charge >= 0.3 is 0 Å². The summed E-state index contributed by atoms with van der Waals surface area (Å²) in [5.74, 6) is 0.107. The van der Waals surface area contributed by atoms with Crippen molar-refractivity contribution in [1.82, 2.24) is 9.88 Å². The molecule has 5 rings (SSSR count). The van der Waals surface area contributed by atoms with Crippen molar-refractivity contribution in [3.63, 3.8) is 0 Å². The normalized spacial score (nSPS) is 35.8. The molecule has 188 valence electrons. The van der Waals surface area contributed by atoms with E-state index in [0.29, 0.717) is 50.7 Å². The molecule has 2 heterocycles. The molecule has 0 bridgehead atoms. The van der Waals surface area contributed by atoms with E-state index >= 15 is 0 Å². The number of aliphatic hydroxyl groups is 2. The fourth-order valence-electron chi connectivity index (χ4n) is 6.69. The molecule has 4 aliphatic rings. The quantitative estimate of drug-likeness (QED) is 0.584. The van der Waals surface area contributed by atoms with Crippen molar-refractivity contribution < 1.29 is 24.5 Å². The molecule has 1 aromatic rings. The lowest BCUT2D eigenvalue weighted by atomic mass is 9.47. The summed E-state index contributed by atoms with van der Waals surface area (Å²) < 4.78 is 5.43. The van der Waals surface area contributed by atoms with Crippen molar-refractivity contribution in [2.75, 3.05) is 38.2 Å². The Morgan fingerprint density at radius 2 is 1.97 bits per heavy atom. The largest absolute Gasteiger partial charge is 0.396 e. The topological polar surface area (TPSA) is 112 Å². The van der Waals surface area contributed by atoms with Crippen LogP contribution in [0.4, 0.5) is 5.13 Å². The van der Waals surface area contributed by atoms with E-state index in [1.165, 1.54) is 11.3 Å². The fraction of sp³-hybridized carbons (Fsp3) is 0.800. The van der Waals surface area contributed by atoms with Crippen LogP contribution in [0.25, 0.3) is 0 Å². The first-order valence-electron chi connectivity index (χ1n) is 12.7. The second-order valence-corrected chi connectivity index (χ2v) is 12.3. The van der Waals surface area contributed by atoms with Crippen molar-refractivity contribution in [3.05, 3.63) is 10.6 Å². The van der Waals surface area contributed by atoms with Crippen LogP contribution in [0.2, 0.25) is 0 Å². The van der Waals surface area contributed by atoms with Gasteiger partial charge in [0.1, 0.15) is 0 Å². The zero-order valence-corrected chi connectivity index (χ0v) is 21.0. The van der Waals surface area contributed by atoms with Gasteiger partial charge in [-0.1, -0.05) is 20.3 Å². The van der Waals surface area contributed by atoms with Crippen molar-refractivity contribution in [2.24, 2.45) is 22.7 Å². The predicted molar refractivity (Wildman–Crippen MR) is 129 cm³/mol. The number of aliphatic hydroxyl groups excluding tert-OH is 2. The Balaban J connectivity index is 1.49. The zero-order valence-electron chi connectivity index (χ0n) is 20.2. The van der Waals surface area contributed by atoms with Crippen LogP contribution in [0, 0.1) is 22.7 Å². The van der Waals surface area contributed by atoms with Gasteiger partial charge in [0.2, 0.25) is 11.8 Å². The summed E-state index contributed by atoms with van der Waals surface area (Å²) in [6.45, 7) is 6.42. The highest BCUT2D eigenvalue weighted by Gasteiger charge is 2.59. The molecule has 3 fully saturated rings. The maximum absolute atomic E-state index is 13.4. The van der Waals surface area contributed by atoms with Crippen molar-refractivity contribution in [1.29, 1.82) is 0 Å². The van der Waals surface area contributed by atoms with E-state index < -0.39 is 11.5 Å². The molecular formula is C25H37N3O5S. The lowest BCUT2D eigenvalue weighted by Crippen LogP contribution is -2.58. The first-order valence-corrected chi connectivity index (χ1v) is 13.5. The lowest BCUT2D eigenvalue weighted by molar-refractivity contribution is -0.149. The molecule has 0 aromatic carbocycles. The van der Waals surface area contributed by atoms with Gasteiger partial charge in [-0.2, -0.15) is 0 Å². The van der Waals surface area contributed by atoms with Crippen LogP contribution in [0.1, 0.15) is 68.9 Å². The molecule has 5 unspecified atom stereocenters. The van der Waals surface area contributed by atoms with Gasteiger partial charge in [0.15, 0.2) is 5.13 Å². The maximum atomic E-state index is 13.4. The van der Waals surface area contributed by atoms with Crippen LogP contribution in [0.5, 0.6) is 0 Å². The molecule has 3 aliphatic carbocycles. The van der Waals surface area contributed by atoms with Crippen molar-refractivity contribution >= 4 is 28.3 Å². The predicted octanol–water partition coefficient (Wildman–Crippen LogP) is 2.55. The van der Waals surface area contributed by atoms with Crippen molar-refractivity contribution in [3.8, 4) is 0 Å². The summed E-state index contributed by atoms with van der Waals surface area (Å²) in [4.78, 5) is 33.8. The molecule has 8 nitrogen and oxygen atoms in total. The minimum absolute atomic E-state index is 0.0133. The highest BCUT2D eigenvalue weighted by molar-refractivity contribution is 7.15. The molecule has 5 atom stereocenters. The van der Waals surface area contributed by atoms with Gasteiger partial charge in [-0.15, -0.1) is 11.3 Å². The molecule has 1 aromatic heterocycles. The smallest absolute Gasteiger partial charge is 0.229 e. The van der Waals surface area contributed by atoms with E-state index in [1.54, 1.807) is 0 Å². The average Bonchev–Trinajstić information content (AvgIpc) is 3.19. The molecule has 34 heavy (non-hydrogen) atoms. The van der Waals surface area contributed by atoms with Crippen molar-refractivity contribution in [2.45, 2.75) is 70.8 Å². The molecule has 0 radical (unpaired) electrons. The Morgan fingerprint density at radius 1 is 1.24 bits per heavy atom. The minimum atomic E-state index is -0.649. The average molecular weight is 492 g/mol. The van der Waals surface area contributed by atoms with Gasteiger partial charge in [0, 0.05) is 41.6 Å². The number of hydrogen-bond donors (Lipinski definition) is 3. The number of anilines is 1. The zero-order chi connectivity index (χ0) is 24.1. The summed E-state index contributed by atoms with van der Waals surface area (Å²) >= 11 is 1.50. The summed E-state index contributed by atoms with van der Waals surface area (Å²) in [6, 6.07) is 0. The maximum Gasteiger partial charge on any atom is 0.229 e. The Hall–Kier alpha value is -1.55. The van der Waals surface area contributed by atoms with Gasteiger partial charge < -0.3 is 25.2 Å². The minimum Gasteiger partial charge on any atom is -0.396 e. The molecule has 1 aliphatic heterocycles. The number of fused-ring (bicyclic) bond motifs is 2. The van der Waals surface area contributed by atoms with E-state index in [4.69, 9.17) is 9.72 Å². The summed E-state index contributed by atoms with van der Waals surface area (Å²) in [6.07, 6.45) is 4.78. The van der Waals surface area contributed by atoms with Gasteiger partial charge in [0.05, 0.1) is 31.6 Å². The Morgan fingerprint density at radius 3 is 2.62 bits per heavy atom. The number of amides is 2.